The average Bonchev–Trinajstić information content (AvgIpc) is 3.68. The summed E-state index contributed by atoms with van der Waals surface area (Å²) in [6.07, 6.45) is 0. The van der Waals surface area contributed by atoms with Gasteiger partial charge in [-0.2, -0.15) is 0 Å². The zero-order valence-electron chi connectivity index (χ0n) is 31.7. The standard InChI is InChI=1S/C56H37NO/c1-2-12-39(13-3-1)49-34-28-43(36-52(49)44-29-35-56-53(37-44)51-20-8-9-23-55(51)58-56)38-24-30-45(31-25-38)57(54-22-11-17-41-15-5-7-19-50(41)54)46-32-26-42(27-33-46)48-21-10-16-40-14-4-6-18-47(40)48/h1-37H. The van der Waals surface area contributed by atoms with Gasteiger partial charge in [0.1, 0.15) is 11.2 Å². The lowest BCUT2D eigenvalue weighted by Crippen LogP contribution is -2.10. The fourth-order valence-corrected chi connectivity index (χ4v) is 8.63. The lowest BCUT2D eigenvalue weighted by atomic mass is 9.90. The fourth-order valence-electron chi connectivity index (χ4n) is 8.63. The Morgan fingerprint density at radius 2 is 0.828 bits per heavy atom. The second kappa shape index (κ2) is 14.1. The number of hydrogen-bond donors (Lipinski definition) is 0. The van der Waals surface area contributed by atoms with Crippen LogP contribution in [0.25, 0.3) is 88.0 Å². The molecule has 1 aromatic heterocycles. The normalized spacial score (nSPS) is 11.4. The predicted molar refractivity (Wildman–Crippen MR) is 245 cm³/mol. The first-order chi connectivity index (χ1) is 28.7. The molecule has 2 heteroatoms. The van der Waals surface area contributed by atoms with Crippen molar-refractivity contribution in [2.75, 3.05) is 4.90 Å². The van der Waals surface area contributed by atoms with Crippen LogP contribution < -0.4 is 4.90 Å². The van der Waals surface area contributed by atoms with E-state index in [-0.39, 0.29) is 0 Å². The Bertz CT molecular complexity index is 3260. The maximum atomic E-state index is 6.21. The number of benzene rings is 10. The maximum absolute atomic E-state index is 6.21. The molecule has 0 saturated heterocycles. The molecule has 0 N–H and O–H groups in total. The first kappa shape index (κ1) is 33.6. The molecule has 0 aliphatic rings. The highest BCUT2D eigenvalue weighted by atomic mass is 16.3. The van der Waals surface area contributed by atoms with Gasteiger partial charge in [-0.1, -0.05) is 170 Å². The summed E-state index contributed by atoms with van der Waals surface area (Å²) in [6.45, 7) is 0. The molecular formula is C56H37NO. The molecular weight excluding hydrogens is 703 g/mol. The van der Waals surface area contributed by atoms with E-state index in [0.29, 0.717) is 0 Å². The minimum absolute atomic E-state index is 0.900. The molecule has 0 atom stereocenters. The van der Waals surface area contributed by atoms with E-state index < -0.39 is 0 Å². The van der Waals surface area contributed by atoms with Crippen LogP contribution in [0, 0.1) is 0 Å². The van der Waals surface area contributed by atoms with Crippen LogP contribution in [0.2, 0.25) is 0 Å². The first-order valence-corrected chi connectivity index (χ1v) is 19.8. The molecule has 0 amide bonds. The number of anilines is 3. The number of fused-ring (bicyclic) bond motifs is 5. The third-order valence-corrected chi connectivity index (χ3v) is 11.5. The number of nitrogens with zero attached hydrogens (tertiary/aromatic N) is 1. The van der Waals surface area contributed by atoms with Crippen molar-refractivity contribution >= 4 is 60.5 Å². The Balaban J connectivity index is 1.01. The molecule has 0 aliphatic heterocycles. The molecule has 1 heterocycles. The summed E-state index contributed by atoms with van der Waals surface area (Å²) >= 11 is 0. The Hall–Kier alpha value is -7.68. The summed E-state index contributed by atoms with van der Waals surface area (Å²) in [5, 5.41) is 7.18. The minimum Gasteiger partial charge on any atom is -0.456 e. The van der Waals surface area contributed by atoms with Crippen LogP contribution in [0.4, 0.5) is 17.1 Å². The highest BCUT2D eigenvalue weighted by Gasteiger charge is 2.18. The topological polar surface area (TPSA) is 16.4 Å². The van der Waals surface area contributed by atoms with Crippen molar-refractivity contribution in [3.8, 4) is 44.5 Å². The minimum atomic E-state index is 0.900. The number of rotatable bonds is 7. The van der Waals surface area contributed by atoms with Crippen LogP contribution in [0.15, 0.2) is 229 Å². The fraction of sp³-hybridized carbons (Fsp3) is 0. The smallest absolute Gasteiger partial charge is 0.135 e. The second-order valence-electron chi connectivity index (χ2n) is 14.9. The van der Waals surface area contributed by atoms with Crippen LogP contribution in [0.3, 0.4) is 0 Å². The summed E-state index contributed by atoms with van der Waals surface area (Å²) in [5.74, 6) is 0. The number of furan rings is 1. The van der Waals surface area contributed by atoms with Gasteiger partial charge in [-0.3, -0.25) is 0 Å². The van der Waals surface area contributed by atoms with Crippen molar-refractivity contribution in [1.29, 1.82) is 0 Å². The van der Waals surface area contributed by atoms with Gasteiger partial charge in [-0.05, 0) is 115 Å². The van der Waals surface area contributed by atoms with Gasteiger partial charge in [-0.25, -0.2) is 0 Å². The van der Waals surface area contributed by atoms with E-state index in [4.69, 9.17) is 4.42 Å². The van der Waals surface area contributed by atoms with E-state index >= 15 is 0 Å². The van der Waals surface area contributed by atoms with Crippen LogP contribution in [0.1, 0.15) is 0 Å². The van der Waals surface area contributed by atoms with Crippen LogP contribution >= 0.6 is 0 Å². The van der Waals surface area contributed by atoms with Crippen molar-refractivity contribution in [2.45, 2.75) is 0 Å². The highest BCUT2D eigenvalue weighted by Crippen LogP contribution is 2.42. The molecule has 0 spiro atoms. The molecule has 0 fully saturated rings. The molecule has 0 aliphatic carbocycles. The summed E-state index contributed by atoms with van der Waals surface area (Å²) in [7, 11) is 0. The van der Waals surface area contributed by atoms with Gasteiger partial charge < -0.3 is 9.32 Å². The molecule has 2 nitrogen and oxygen atoms in total. The molecule has 58 heavy (non-hydrogen) atoms. The van der Waals surface area contributed by atoms with E-state index in [1.54, 1.807) is 0 Å². The summed E-state index contributed by atoms with van der Waals surface area (Å²) < 4.78 is 6.21. The zero-order valence-corrected chi connectivity index (χ0v) is 31.7. The van der Waals surface area contributed by atoms with Gasteiger partial charge in [-0.15, -0.1) is 0 Å². The molecule has 0 bridgehead atoms. The SMILES string of the molecule is c1ccc(-c2ccc(-c3ccc(N(c4ccc(-c5cccc6ccccc56)cc4)c4cccc5ccccc45)cc3)cc2-c2ccc3oc4ccccc4c3c2)cc1. The Morgan fingerprint density at radius 3 is 1.60 bits per heavy atom. The molecule has 0 radical (unpaired) electrons. The van der Waals surface area contributed by atoms with Gasteiger partial charge in [0.25, 0.3) is 0 Å². The number of hydrogen-bond acceptors (Lipinski definition) is 2. The van der Waals surface area contributed by atoms with E-state index in [1.807, 2.05) is 12.1 Å². The zero-order chi connectivity index (χ0) is 38.4. The third kappa shape index (κ3) is 5.91. The van der Waals surface area contributed by atoms with E-state index in [9.17, 15) is 0 Å². The quantitative estimate of drug-likeness (QED) is 0.162. The summed E-state index contributed by atoms with van der Waals surface area (Å²) in [4.78, 5) is 2.38. The lowest BCUT2D eigenvalue weighted by Gasteiger charge is -2.27. The largest absolute Gasteiger partial charge is 0.456 e. The highest BCUT2D eigenvalue weighted by molar-refractivity contribution is 6.07. The molecule has 0 saturated carbocycles. The van der Waals surface area contributed by atoms with Crippen molar-refractivity contribution in [3.63, 3.8) is 0 Å². The summed E-state index contributed by atoms with van der Waals surface area (Å²) in [6, 6.07) is 80.8. The van der Waals surface area contributed by atoms with E-state index in [1.165, 1.54) is 49.4 Å². The van der Waals surface area contributed by atoms with Gasteiger partial charge >= 0.3 is 0 Å². The monoisotopic (exact) mass is 739 g/mol. The van der Waals surface area contributed by atoms with Gasteiger partial charge in [0.15, 0.2) is 0 Å². The van der Waals surface area contributed by atoms with Gasteiger partial charge in [0.05, 0.1) is 5.69 Å². The molecule has 10 aromatic carbocycles. The third-order valence-electron chi connectivity index (χ3n) is 11.5. The summed E-state index contributed by atoms with van der Waals surface area (Å²) in [5.41, 5.74) is 14.6. The van der Waals surface area contributed by atoms with Crippen molar-refractivity contribution in [3.05, 3.63) is 224 Å². The molecule has 272 valence electrons. The van der Waals surface area contributed by atoms with E-state index in [0.717, 1.165) is 55.7 Å². The molecule has 11 aromatic rings. The van der Waals surface area contributed by atoms with Gasteiger partial charge in [0, 0.05) is 27.5 Å². The van der Waals surface area contributed by atoms with Crippen LogP contribution in [-0.2, 0) is 0 Å². The second-order valence-corrected chi connectivity index (χ2v) is 14.9. The van der Waals surface area contributed by atoms with Crippen LogP contribution in [0.5, 0.6) is 0 Å². The maximum Gasteiger partial charge on any atom is 0.135 e. The number of para-hydroxylation sites is 1. The Kier molecular flexibility index (Phi) is 8.19. The lowest BCUT2D eigenvalue weighted by molar-refractivity contribution is 0.669. The van der Waals surface area contributed by atoms with Crippen LogP contribution in [-0.4, -0.2) is 0 Å². The average molecular weight is 740 g/mol. The van der Waals surface area contributed by atoms with Crippen molar-refractivity contribution < 1.29 is 4.42 Å². The Labute approximate surface area is 337 Å². The van der Waals surface area contributed by atoms with E-state index in [2.05, 4.69) is 217 Å². The predicted octanol–water partition coefficient (Wildman–Crippen LogP) is 16.0. The molecule has 0 unspecified atom stereocenters. The van der Waals surface area contributed by atoms with Crippen molar-refractivity contribution in [1.82, 2.24) is 0 Å². The molecule has 11 rings (SSSR count). The first-order valence-electron chi connectivity index (χ1n) is 19.8. The van der Waals surface area contributed by atoms with Gasteiger partial charge in [0.2, 0.25) is 0 Å². The van der Waals surface area contributed by atoms with Crippen molar-refractivity contribution in [2.24, 2.45) is 0 Å². The Morgan fingerprint density at radius 1 is 0.276 bits per heavy atom.